The van der Waals surface area contributed by atoms with Gasteiger partial charge in [0.05, 0.1) is 19.8 Å². The highest BCUT2D eigenvalue weighted by molar-refractivity contribution is 5.43. The van der Waals surface area contributed by atoms with Gasteiger partial charge in [-0.1, -0.05) is 6.07 Å². The van der Waals surface area contributed by atoms with Crippen LogP contribution >= 0.6 is 0 Å². The van der Waals surface area contributed by atoms with E-state index in [1.807, 2.05) is 26.0 Å². The molecule has 0 radical (unpaired) electrons. The first-order valence-electron chi connectivity index (χ1n) is 7.69. The van der Waals surface area contributed by atoms with Crippen molar-refractivity contribution in [1.82, 2.24) is 5.32 Å². The molecule has 1 atom stereocenters. The van der Waals surface area contributed by atoms with E-state index in [-0.39, 0.29) is 11.6 Å². The van der Waals surface area contributed by atoms with Gasteiger partial charge in [0.25, 0.3) is 0 Å². The lowest BCUT2D eigenvalue weighted by molar-refractivity contribution is 0.0278. The van der Waals surface area contributed by atoms with Gasteiger partial charge in [-0.05, 0) is 51.3 Å². The first-order chi connectivity index (χ1) is 10.0. The summed E-state index contributed by atoms with van der Waals surface area (Å²) in [4.78, 5) is 0. The van der Waals surface area contributed by atoms with E-state index >= 15 is 0 Å². The Morgan fingerprint density at radius 2 is 2.14 bits per heavy atom. The van der Waals surface area contributed by atoms with E-state index in [4.69, 9.17) is 14.2 Å². The maximum Gasteiger partial charge on any atom is 0.161 e. The molecule has 21 heavy (non-hydrogen) atoms. The first-order valence-corrected chi connectivity index (χ1v) is 7.69. The average Bonchev–Trinajstić information content (AvgIpc) is 2.46. The Balaban J connectivity index is 2.00. The highest BCUT2D eigenvalue weighted by Gasteiger charge is 2.26. The predicted octanol–water partition coefficient (Wildman–Crippen LogP) is 3.14. The number of ether oxygens (including phenoxy) is 3. The van der Waals surface area contributed by atoms with Crippen LogP contribution < -0.4 is 14.8 Å². The van der Waals surface area contributed by atoms with Crippen LogP contribution in [0.15, 0.2) is 18.2 Å². The third kappa shape index (κ3) is 4.61. The lowest BCUT2D eigenvalue weighted by atomic mass is 9.94. The van der Waals surface area contributed by atoms with Crippen LogP contribution in [-0.4, -0.2) is 32.0 Å². The summed E-state index contributed by atoms with van der Waals surface area (Å²) in [5, 5.41) is 3.60. The quantitative estimate of drug-likeness (QED) is 0.874. The average molecular weight is 293 g/mol. The molecule has 1 saturated heterocycles. The van der Waals surface area contributed by atoms with Gasteiger partial charge in [-0.25, -0.2) is 0 Å². The topological polar surface area (TPSA) is 39.7 Å². The maximum atomic E-state index is 5.74. The molecule has 1 unspecified atom stereocenters. The molecule has 4 nitrogen and oxygen atoms in total. The molecule has 0 amide bonds. The molecular formula is C17H27NO3. The zero-order chi connectivity index (χ0) is 15.3. The second kappa shape index (κ2) is 7.14. The van der Waals surface area contributed by atoms with E-state index in [2.05, 4.69) is 18.3 Å². The van der Waals surface area contributed by atoms with Gasteiger partial charge in [-0.15, -0.1) is 0 Å². The Kier molecular flexibility index (Phi) is 5.48. The summed E-state index contributed by atoms with van der Waals surface area (Å²) in [6.45, 7) is 8.71. The maximum absolute atomic E-state index is 5.74. The van der Waals surface area contributed by atoms with Gasteiger partial charge in [0.1, 0.15) is 0 Å². The molecule has 0 bridgehead atoms. The molecule has 1 N–H and O–H groups in total. The molecular weight excluding hydrogens is 266 g/mol. The summed E-state index contributed by atoms with van der Waals surface area (Å²) < 4.78 is 16.7. The third-order valence-corrected chi connectivity index (χ3v) is 3.75. The lowest BCUT2D eigenvalue weighted by Gasteiger charge is -2.34. The highest BCUT2D eigenvalue weighted by atomic mass is 16.5. The van der Waals surface area contributed by atoms with Crippen LogP contribution in [-0.2, 0) is 11.3 Å². The Morgan fingerprint density at radius 3 is 2.76 bits per heavy atom. The minimum atomic E-state index is 0.0680. The third-order valence-electron chi connectivity index (χ3n) is 3.75. The summed E-state index contributed by atoms with van der Waals surface area (Å²) in [6.07, 6.45) is 2.41. The van der Waals surface area contributed by atoms with Crippen molar-refractivity contribution in [3.8, 4) is 11.5 Å². The summed E-state index contributed by atoms with van der Waals surface area (Å²) in [5.74, 6) is 1.58. The fourth-order valence-corrected chi connectivity index (χ4v) is 2.56. The van der Waals surface area contributed by atoms with Crippen LogP contribution in [0, 0.1) is 0 Å². The van der Waals surface area contributed by atoms with Gasteiger partial charge in [0.2, 0.25) is 0 Å². The molecule has 0 aromatic heterocycles. The summed E-state index contributed by atoms with van der Waals surface area (Å²) in [5.41, 5.74) is 1.26. The van der Waals surface area contributed by atoms with Gasteiger partial charge in [0.15, 0.2) is 11.5 Å². The number of rotatable bonds is 6. The monoisotopic (exact) mass is 293 g/mol. The van der Waals surface area contributed by atoms with Crippen LogP contribution in [0.2, 0.25) is 0 Å². The fraction of sp³-hybridized carbons (Fsp3) is 0.647. The molecule has 1 aromatic rings. The van der Waals surface area contributed by atoms with Crippen LogP contribution in [0.5, 0.6) is 11.5 Å². The van der Waals surface area contributed by atoms with Gasteiger partial charge in [-0.2, -0.15) is 0 Å². The number of benzene rings is 1. The van der Waals surface area contributed by atoms with Gasteiger partial charge >= 0.3 is 0 Å². The number of nitrogens with one attached hydrogen (secondary N) is 1. The van der Waals surface area contributed by atoms with Crippen molar-refractivity contribution < 1.29 is 14.2 Å². The molecule has 1 aromatic carbocycles. The summed E-state index contributed by atoms with van der Waals surface area (Å²) >= 11 is 0. The highest BCUT2D eigenvalue weighted by Crippen LogP contribution is 2.29. The largest absolute Gasteiger partial charge is 0.493 e. The van der Waals surface area contributed by atoms with E-state index in [1.54, 1.807) is 7.11 Å². The van der Waals surface area contributed by atoms with E-state index in [0.717, 1.165) is 44.1 Å². The van der Waals surface area contributed by atoms with Crippen molar-refractivity contribution in [2.75, 3.05) is 20.3 Å². The van der Waals surface area contributed by atoms with Crippen LogP contribution in [0.1, 0.15) is 39.2 Å². The molecule has 118 valence electrons. The van der Waals surface area contributed by atoms with Crippen molar-refractivity contribution in [3.05, 3.63) is 23.8 Å². The first kappa shape index (κ1) is 16.1. The fourth-order valence-electron chi connectivity index (χ4n) is 2.56. The molecule has 1 heterocycles. The van der Waals surface area contributed by atoms with E-state index in [1.165, 1.54) is 5.56 Å². The normalized spacial score (nSPS) is 22.3. The SMILES string of the molecule is COc1cc(CNC2(C)CCCOC2)ccc1OC(C)C. The smallest absolute Gasteiger partial charge is 0.161 e. The molecule has 1 aliphatic heterocycles. The standard InChI is InChI=1S/C17H27NO3/c1-13(2)21-15-7-6-14(10-16(15)19-4)11-18-17(3)8-5-9-20-12-17/h6-7,10,13,18H,5,8-9,11-12H2,1-4H3. The summed E-state index contributed by atoms with van der Waals surface area (Å²) in [7, 11) is 1.68. The van der Waals surface area contributed by atoms with E-state index in [0.29, 0.717) is 0 Å². The minimum absolute atomic E-state index is 0.0680. The molecule has 0 aliphatic carbocycles. The Morgan fingerprint density at radius 1 is 1.33 bits per heavy atom. The molecule has 0 spiro atoms. The van der Waals surface area contributed by atoms with Crippen molar-refractivity contribution in [2.24, 2.45) is 0 Å². The number of hydrogen-bond donors (Lipinski definition) is 1. The Hall–Kier alpha value is -1.26. The van der Waals surface area contributed by atoms with Crippen LogP contribution in [0.25, 0.3) is 0 Å². The van der Waals surface area contributed by atoms with E-state index < -0.39 is 0 Å². The molecule has 2 rings (SSSR count). The summed E-state index contributed by atoms with van der Waals surface area (Å²) in [6, 6.07) is 6.10. The molecule has 0 saturated carbocycles. The van der Waals surface area contributed by atoms with Crippen LogP contribution in [0.4, 0.5) is 0 Å². The van der Waals surface area contributed by atoms with Crippen LogP contribution in [0.3, 0.4) is 0 Å². The van der Waals surface area contributed by atoms with Gasteiger partial charge in [-0.3, -0.25) is 0 Å². The van der Waals surface area contributed by atoms with Crippen molar-refractivity contribution in [3.63, 3.8) is 0 Å². The second-order valence-corrected chi connectivity index (χ2v) is 6.22. The van der Waals surface area contributed by atoms with Crippen molar-refractivity contribution in [1.29, 1.82) is 0 Å². The second-order valence-electron chi connectivity index (χ2n) is 6.22. The van der Waals surface area contributed by atoms with Crippen molar-refractivity contribution >= 4 is 0 Å². The Labute approximate surface area is 127 Å². The lowest BCUT2D eigenvalue weighted by Crippen LogP contribution is -2.48. The number of methoxy groups -OCH3 is 1. The zero-order valence-electron chi connectivity index (χ0n) is 13.6. The Bertz CT molecular complexity index is 453. The zero-order valence-corrected chi connectivity index (χ0v) is 13.6. The molecule has 1 aliphatic rings. The minimum Gasteiger partial charge on any atom is -0.493 e. The number of hydrogen-bond acceptors (Lipinski definition) is 4. The van der Waals surface area contributed by atoms with Gasteiger partial charge < -0.3 is 19.5 Å². The van der Waals surface area contributed by atoms with Gasteiger partial charge in [0, 0.05) is 18.7 Å². The van der Waals surface area contributed by atoms with Crippen molar-refractivity contribution in [2.45, 2.75) is 51.8 Å². The molecule has 4 heteroatoms. The molecule has 1 fully saturated rings. The van der Waals surface area contributed by atoms with E-state index in [9.17, 15) is 0 Å². The predicted molar refractivity (Wildman–Crippen MR) is 84.1 cm³/mol.